The van der Waals surface area contributed by atoms with Crippen LogP contribution in [0.2, 0.25) is 0 Å². The first-order chi connectivity index (χ1) is 18.9. The Bertz CT molecular complexity index is 2110. The van der Waals surface area contributed by atoms with Crippen molar-refractivity contribution in [3.63, 3.8) is 0 Å². The lowest BCUT2D eigenvalue weighted by Crippen LogP contribution is -1.99. The van der Waals surface area contributed by atoms with Gasteiger partial charge in [-0.05, 0) is 60.7 Å². The summed E-state index contributed by atoms with van der Waals surface area (Å²) in [5, 5.41) is 3.28. The van der Waals surface area contributed by atoms with Crippen LogP contribution in [-0.2, 0) is 0 Å². The number of aromatic nitrogens is 6. The van der Waals surface area contributed by atoms with Crippen LogP contribution in [0.3, 0.4) is 0 Å². The second kappa shape index (κ2) is 8.08. The summed E-state index contributed by atoms with van der Waals surface area (Å²) in [6.07, 6.45) is 5.51. The summed E-state index contributed by atoms with van der Waals surface area (Å²) >= 11 is 0. The lowest BCUT2D eigenvalue weighted by Gasteiger charge is -2.09. The average molecular weight is 489 g/mol. The minimum atomic E-state index is 0.827. The SMILES string of the molecule is c1ccc(-n2c3ccccc3c3cc4c5ncccc5n(-c5ccc(-c6ccccn6)nc5)c4nc32)cc1. The summed E-state index contributed by atoms with van der Waals surface area (Å²) in [6, 6.07) is 35.1. The Labute approximate surface area is 217 Å². The molecule has 6 nitrogen and oxygen atoms in total. The van der Waals surface area contributed by atoms with Crippen LogP contribution >= 0.6 is 0 Å². The maximum absolute atomic E-state index is 5.33. The molecule has 6 aromatic heterocycles. The zero-order chi connectivity index (χ0) is 25.1. The highest BCUT2D eigenvalue weighted by Crippen LogP contribution is 2.37. The molecule has 0 aliphatic carbocycles. The van der Waals surface area contributed by atoms with Crippen molar-refractivity contribution in [2.45, 2.75) is 0 Å². The molecule has 38 heavy (non-hydrogen) atoms. The molecule has 0 saturated heterocycles. The highest BCUT2D eigenvalue weighted by atomic mass is 15.1. The van der Waals surface area contributed by atoms with E-state index in [4.69, 9.17) is 15.0 Å². The molecule has 0 saturated carbocycles. The number of pyridine rings is 4. The summed E-state index contributed by atoms with van der Waals surface area (Å²) in [6.45, 7) is 0. The van der Waals surface area contributed by atoms with Gasteiger partial charge in [-0.25, -0.2) is 4.98 Å². The number of para-hydroxylation sites is 2. The number of fused-ring (bicyclic) bond motifs is 6. The first-order valence-electron chi connectivity index (χ1n) is 12.5. The summed E-state index contributed by atoms with van der Waals surface area (Å²) in [4.78, 5) is 19.3. The minimum absolute atomic E-state index is 0.827. The summed E-state index contributed by atoms with van der Waals surface area (Å²) in [5.74, 6) is 0. The molecule has 0 fully saturated rings. The maximum Gasteiger partial charge on any atom is 0.149 e. The Morgan fingerprint density at radius 3 is 2.05 bits per heavy atom. The molecule has 6 heterocycles. The quantitative estimate of drug-likeness (QED) is 0.265. The topological polar surface area (TPSA) is 61.4 Å². The molecular formula is C32H20N6. The van der Waals surface area contributed by atoms with Gasteiger partial charge in [-0.3, -0.25) is 24.1 Å². The molecule has 0 aliphatic rings. The second-order valence-electron chi connectivity index (χ2n) is 9.24. The molecule has 6 heteroatoms. The van der Waals surface area contributed by atoms with Crippen LogP contribution < -0.4 is 0 Å². The van der Waals surface area contributed by atoms with Crippen molar-refractivity contribution in [1.29, 1.82) is 0 Å². The van der Waals surface area contributed by atoms with E-state index in [-0.39, 0.29) is 0 Å². The molecule has 0 atom stereocenters. The van der Waals surface area contributed by atoms with Gasteiger partial charge in [0.1, 0.15) is 11.3 Å². The lowest BCUT2D eigenvalue weighted by atomic mass is 10.1. The van der Waals surface area contributed by atoms with E-state index in [1.807, 2.05) is 48.8 Å². The predicted molar refractivity (Wildman–Crippen MR) is 152 cm³/mol. The van der Waals surface area contributed by atoms with Crippen LogP contribution in [0.25, 0.3) is 66.8 Å². The first-order valence-corrected chi connectivity index (χ1v) is 12.5. The number of hydrogen-bond acceptors (Lipinski definition) is 4. The Balaban J connectivity index is 1.45. The van der Waals surface area contributed by atoms with E-state index in [1.165, 1.54) is 5.39 Å². The molecule has 0 amide bonds. The monoisotopic (exact) mass is 488 g/mol. The molecular weight excluding hydrogens is 468 g/mol. The van der Waals surface area contributed by atoms with Crippen LogP contribution in [0.5, 0.6) is 0 Å². The number of hydrogen-bond donors (Lipinski definition) is 0. The predicted octanol–water partition coefficient (Wildman–Crippen LogP) is 7.13. The first kappa shape index (κ1) is 20.8. The van der Waals surface area contributed by atoms with E-state index in [9.17, 15) is 0 Å². The van der Waals surface area contributed by atoms with Crippen LogP contribution in [0, 0.1) is 0 Å². The second-order valence-corrected chi connectivity index (χ2v) is 9.24. The van der Waals surface area contributed by atoms with E-state index >= 15 is 0 Å². The van der Waals surface area contributed by atoms with Crippen molar-refractivity contribution < 1.29 is 0 Å². The molecule has 0 spiro atoms. The standard InChI is InChI=1S/C32H20N6/c1-2-9-21(10-3-1)37-28-13-5-4-11-23(28)24-19-25-30-29(14-8-18-34-30)38(32(25)36-31(24)37)22-15-16-27(35-20-22)26-12-6-7-17-33-26/h1-20H. The smallest absolute Gasteiger partial charge is 0.149 e. The minimum Gasteiger partial charge on any atom is -0.294 e. The van der Waals surface area contributed by atoms with Crippen molar-refractivity contribution in [3.8, 4) is 22.8 Å². The lowest BCUT2D eigenvalue weighted by molar-refractivity contribution is 1.09. The number of rotatable bonds is 3. The van der Waals surface area contributed by atoms with Crippen molar-refractivity contribution in [3.05, 3.63) is 122 Å². The fourth-order valence-electron chi connectivity index (χ4n) is 5.40. The molecule has 0 bridgehead atoms. The van der Waals surface area contributed by atoms with E-state index in [2.05, 4.69) is 80.8 Å². The molecule has 8 rings (SSSR count). The normalized spacial score (nSPS) is 11.7. The van der Waals surface area contributed by atoms with E-state index < -0.39 is 0 Å². The summed E-state index contributed by atoms with van der Waals surface area (Å²) in [7, 11) is 0. The van der Waals surface area contributed by atoms with Crippen molar-refractivity contribution in [2.24, 2.45) is 0 Å². The Morgan fingerprint density at radius 1 is 0.474 bits per heavy atom. The van der Waals surface area contributed by atoms with Gasteiger partial charge in [-0.15, -0.1) is 0 Å². The number of benzene rings is 2. The van der Waals surface area contributed by atoms with Gasteiger partial charge in [0.15, 0.2) is 0 Å². The average Bonchev–Trinajstić information content (AvgIpc) is 3.49. The maximum atomic E-state index is 5.33. The third-order valence-corrected chi connectivity index (χ3v) is 7.07. The molecule has 178 valence electrons. The fourth-order valence-corrected chi connectivity index (χ4v) is 5.40. The van der Waals surface area contributed by atoms with Gasteiger partial charge in [0.05, 0.1) is 39.8 Å². The fraction of sp³-hybridized carbons (Fsp3) is 0. The zero-order valence-corrected chi connectivity index (χ0v) is 20.2. The Hall–Kier alpha value is -5.36. The van der Waals surface area contributed by atoms with Gasteiger partial charge in [-0.2, -0.15) is 0 Å². The van der Waals surface area contributed by atoms with Crippen LogP contribution in [0.4, 0.5) is 0 Å². The third kappa shape index (κ3) is 3.01. The summed E-state index contributed by atoms with van der Waals surface area (Å²) < 4.78 is 4.39. The van der Waals surface area contributed by atoms with Crippen molar-refractivity contribution >= 4 is 44.0 Å². The molecule has 0 radical (unpaired) electrons. The highest BCUT2D eigenvalue weighted by molar-refractivity contribution is 6.15. The van der Waals surface area contributed by atoms with Gasteiger partial charge in [0, 0.05) is 34.2 Å². The van der Waals surface area contributed by atoms with Crippen LogP contribution in [0.1, 0.15) is 0 Å². The molecule has 0 N–H and O–H groups in total. The molecule has 8 aromatic rings. The highest BCUT2D eigenvalue weighted by Gasteiger charge is 2.20. The Morgan fingerprint density at radius 2 is 1.21 bits per heavy atom. The van der Waals surface area contributed by atoms with Crippen LogP contribution in [0.15, 0.2) is 122 Å². The van der Waals surface area contributed by atoms with Gasteiger partial charge in [0.2, 0.25) is 0 Å². The Kier molecular flexibility index (Phi) is 4.42. The van der Waals surface area contributed by atoms with Crippen molar-refractivity contribution in [1.82, 2.24) is 29.1 Å². The molecule has 0 unspecified atom stereocenters. The van der Waals surface area contributed by atoms with Gasteiger partial charge < -0.3 is 0 Å². The third-order valence-electron chi connectivity index (χ3n) is 7.07. The molecule has 0 aliphatic heterocycles. The largest absolute Gasteiger partial charge is 0.294 e. The van der Waals surface area contributed by atoms with Crippen LogP contribution in [-0.4, -0.2) is 29.1 Å². The van der Waals surface area contributed by atoms with Gasteiger partial charge in [-0.1, -0.05) is 42.5 Å². The summed E-state index contributed by atoms with van der Waals surface area (Å²) in [5.41, 5.74) is 8.46. The van der Waals surface area contributed by atoms with Crippen molar-refractivity contribution in [2.75, 3.05) is 0 Å². The van der Waals surface area contributed by atoms with Gasteiger partial charge >= 0.3 is 0 Å². The number of nitrogens with zero attached hydrogens (tertiary/aromatic N) is 6. The van der Waals surface area contributed by atoms with E-state index in [1.54, 1.807) is 6.20 Å². The van der Waals surface area contributed by atoms with Gasteiger partial charge in [0.25, 0.3) is 0 Å². The molecule has 2 aromatic carbocycles. The zero-order valence-electron chi connectivity index (χ0n) is 20.2. The van der Waals surface area contributed by atoms with E-state index in [0.29, 0.717) is 0 Å². The van der Waals surface area contributed by atoms with E-state index in [0.717, 1.165) is 61.4 Å².